The Morgan fingerprint density at radius 3 is 2.52 bits per heavy atom. The minimum atomic E-state index is -0.960. The molecule has 33 heavy (non-hydrogen) atoms. The highest BCUT2D eigenvalue weighted by Crippen LogP contribution is 2.40. The number of hydrogen-bond acceptors (Lipinski definition) is 7. The zero-order valence-corrected chi connectivity index (χ0v) is 18.5. The Balaban J connectivity index is 2.08. The van der Waals surface area contributed by atoms with Crippen molar-refractivity contribution in [3.63, 3.8) is 0 Å². The van der Waals surface area contributed by atoms with Crippen molar-refractivity contribution < 1.29 is 29.1 Å². The number of aliphatic hydroxyl groups excluding tert-OH is 1. The fourth-order valence-corrected chi connectivity index (χ4v) is 3.73. The lowest BCUT2D eigenvalue weighted by atomic mass is 9.95. The van der Waals surface area contributed by atoms with Gasteiger partial charge in [0.2, 0.25) is 0 Å². The van der Waals surface area contributed by atoms with Crippen LogP contribution in [-0.4, -0.2) is 53.5 Å². The average molecular weight is 454 g/mol. The first-order valence-corrected chi connectivity index (χ1v) is 10.6. The van der Waals surface area contributed by atoms with Crippen molar-refractivity contribution in [3.05, 3.63) is 75.3 Å². The molecule has 0 saturated carbocycles. The molecule has 0 aromatic heterocycles. The molecule has 9 nitrogen and oxygen atoms in total. The Bertz CT molecular complexity index is 1060. The van der Waals surface area contributed by atoms with Crippen molar-refractivity contribution in [1.29, 1.82) is 0 Å². The van der Waals surface area contributed by atoms with Crippen molar-refractivity contribution in [2.24, 2.45) is 0 Å². The molecule has 1 fully saturated rings. The predicted octanol–water partition coefficient (Wildman–Crippen LogP) is 3.84. The summed E-state index contributed by atoms with van der Waals surface area (Å²) in [6.45, 7) is 3.08. The average Bonchev–Trinajstić information content (AvgIpc) is 3.08. The number of nitrogens with zero attached hydrogens (tertiary/aromatic N) is 2. The zero-order valence-electron chi connectivity index (χ0n) is 18.5. The number of aliphatic hydroxyl groups is 1. The minimum absolute atomic E-state index is 0.111. The Kier molecular flexibility index (Phi) is 7.78. The number of carbonyl (C=O) groups excluding carboxylic acids is 2. The molecular formula is C24H26N2O7. The number of non-ortho nitro benzene ring substituents is 1. The maximum atomic E-state index is 13.0. The van der Waals surface area contributed by atoms with Gasteiger partial charge < -0.3 is 19.5 Å². The molecule has 2 aromatic rings. The summed E-state index contributed by atoms with van der Waals surface area (Å²) in [5.74, 6) is -1.34. The number of ether oxygens (including phenoxy) is 2. The van der Waals surface area contributed by atoms with Crippen LogP contribution in [0.2, 0.25) is 0 Å². The number of amides is 1. The summed E-state index contributed by atoms with van der Waals surface area (Å²) in [5, 5.41) is 22.4. The van der Waals surface area contributed by atoms with Gasteiger partial charge in [-0.1, -0.05) is 19.1 Å². The largest absolute Gasteiger partial charge is 0.507 e. The van der Waals surface area contributed by atoms with Crippen LogP contribution < -0.4 is 4.74 Å². The van der Waals surface area contributed by atoms with Crippen LogP contribution in [0.3, 0.4) is 0 Å². The molecule has 1 amide bonds. The summed E-state index contributed by atoms with van der Waals surface area (Å²) in [4.78, 5) is 37.9. The third kappa shape index (κ3) is 5.20. The summed E-state index contributed by atoms with van der Waals surface area (Å²) >= 11 is 0. The fraction of sp³-hybridized carbons (Fsp3) is 0.333. The first-order valence-electron chi connectivity index (χ1n) is 10.6. The first-order chi connectivity index (χ1) is 15.9. The van der Waals surface area contributed by atoms with E-state index in [1.165, 1.54) is 30.2 Å². The van der Waals surface area contributed by atoms with Crippen LogP contribution in [0.5, 0.6) is 5.75 Å². The zero-order chi connectivity index (χ0) is 24.0. The number of nitro groups is 1. The molecule has 174 valence electrons. The highest BCUT2D eigenvalue weighted by atomic mass is 16.6. The molecular weight excluding hydrogens is 428 g/mol. The van der Waals surface area contributed by atoms with E-state index in [1.807, 2.05) is 6.92 Å². The van der Waals surface area contributed by atoms with Crippen LogP contribution in [0.4, 0.5) is 5.69 Å². The molecule has 1 heterocycles. The molecule has 1 atom stereocenters. The third-order valence-corrected chi connectivity index (χ3v) is 5.28. The maximum absolute atomic E-state index is 13.0. The normalized spacial score (nSPS) is 17.4. The molecule has 3 rings (SSSR count). The van der Waals surface area contributed by atoms with Gasteiger partial charge in [-0.15, -0.1) is 0 Å². The Labute approximate surface area is 191 Å². The first kappa shape index (κ1) is 23.9. The van der Waals surface area contributed by atoms with Crippen LogP contribution in [0, 0.1) is 10.1 Å². The van der Waals surface area contributed by atoms with E-state index in [9.17, 15) is 24.8 Å². The standard InChI is InChI=1S/C24H26N2O7/c1-3-13-33-19-10-8-16(9-11-19)22(27)20-21(17-6-4-7-18(15-17)26(30)31)25(12-5-14-32-2)24(29)23(20)28/h4,6-11,15,21,27H,3,5,12-14H2,1-2H3/b22-20+. The van der Waals surface area contributed by atoms with Crippen LogP contribution >= 0.6 is 0 Å². The number of rotatable bonds is 10. The summed E-state index contributed by atoms with van der Waals surface area (Å²) in [5.41, 5.74) is 0.419. The number of nitro benzene ring substituents is 1. The van der Waals surface area contributed by atoms with Crippen LogP contribution in [0.1, 0.15) is 36.9 Å². The molecule has 1 unspecified atom stereocenters. The molecule has 1 N–H and O–H groups in total. The van der Waals surface area contributed by atoms with Crippen molar-refractivity contribution in [2.45, 2.75) is 25.8 Å². The third-order valence-electron chi connectivity index (χ3n) is 5.28. The molecule has 9 heteroatoms. The lowest BCUT2D eigenvalue weighted by Crippen LogP contribution is -2.31. The fourth-order valence-electron chi connectivity index (χ4n) is 3.73. The second-order valence-electron chi connectivity index (χ2n) is 7.56. The summed E-state index contributed by atoms with van der Waals surface area (Å²) in [6.07, 6.45) is 1.30. The van der Waals surface area contributed by atoms with Crippen molar-refractivity contribution in [2.75, 3.05) is 26.9 Å². The van der Waals surface area contributed by atoms with Gasteiger partial charge in [-0.3, -0.25) is 19.7 Å². The van der Waals surface area contributed by atoms with E-state index in [4.69, 9.17) is 9.47 Å². The molecule has 0 bridgehead atoms. The van der Waals surface area contributed by atoms with Crippen molar-refractivity contribution >= 4 is 23.1 Å². The number of ketones is 1. The summed E-state index contributed by atoms with van der Waals surface area (Å²) in [7, 11) is 1.53. The van der Waals surface area contributed by atoms with Gasteiger partial charge in [0, 0.05) is 38.0 Å². The molecule has 1 aliphatic heterocycles. The van der Waals surface area contributed by atoms with E-state index in [2.05, 4.69) is 0 Å². The molecule has 1 aliphatic rings. The van der Waals surface area contributed by atoms with Crippen LogP contribution in [-0.2, 0) is 14.3 Å². The van der Waals surface area contributed by atoms with Crippen LogP contribution in [0.25, 0.3) is 5.76 Å². The molecule has 1 saturated heterocycles. The van der Waals surface area contributed by atoms with E-state index in [-0.39, 0.29) is 23.6 Å². The Morgan fingerprint density at radius 1 is 1.15 bits per heavy atom. The van der Waals surface area contributed by atoms with Gasteiger partial charge in [-0.05, 0) is 42.7 Å². The highest BCUT2D eigenvalue weighted by molar-refractivity contribution is 6.46. The van der Waals surface area contributed by atoms with E-state index in [0.717, 1.165) is 6.42 Å². The van der Waals surface area contributed by atoms with Gasteiger partial charge in [0.25, 0.3) is 17.4 Å². The number of methoxy groups -OCH3 is 1. The van der Waals surface area contributed by atoms with Gasteiger partial charge in [0.1, 0.15) is 11.5 Å². The topological polar surface area (TPSA) is 119 Å². The predicted molar refractivity (Wildman–Crippen MR) is 121 cm³/mol. The van der Waals surface area contributed by atoms with E-state index in [1.54, 1.807) is 30.3 Å². The number of Topliss-reactive ketones (excluding diaryl/α,β-unsaturated/α-hetero) is 1. The highest BCUT2D eigenvalue weighted by Gasteiger charge is 2.46. The van der Waals surface area contributed by atoms with E-state index in [0.29, 0.717) is 36.5 Å². The van der Waals surface area contributed by atoms with Gasteiger partial charge in [0.15, 0.2) is 0 Å². The number of carbonyl (C=O) groups is 2. The monoisotopic (exact) mass is 454 g/mol. The summed E-state index contributed by atoms with van der Waals surface area (Å²) in [6, 6.07) is 11.3. The maximum Gasteiger partial charge on any atom is 0.295 e. The summed E-state index contributed by atoms with van der Waals surface area (Å²) < 4.78 is 10.6. The van der Waals surface area contributed by atoms with Gasteiger partial charge in [-0.25, -0.2) is 0 Å². The minimum Gasteiger partial charge on any atom is -0.507 e. The second-order valence-corrected chi connectivity index (χ2v) is 7.56. The lowest BCUT2D eigenvalue weighted by Gasteiger charge is -2.25. The van der Waals surface area contributed by atoms with E-state index < -0.39 is 22.7 Å². The smallest absolute Gasteiger partial charge is 0.295 e. The second kappa shape index (κ2) is 10.7. The van der Waals surface area contributed by atoms with Crippen LogP contribution in [0.15, 0.2) is 54.1 Å². The SMILES string of the molecule is CCCOc1ccc(/C(O)=C2\C(=O)C(=O)N(CCCOC)C2c2cccc([N+](=O)[O-])c2)cc1. The van der Waals surface area contributed by atoms with Crippen molar-refractivity contribution in [1.82, 2.24) is 4.90 Å². The van der Waals surface area contributed by atoms with Gasteiger partial charge >= 0.3 is 0 Å². The van der Waals surface area contributed by atoms with E-state index >= 15 is 0 Å². The number of benzene rings is 2. The number of hydrogen-bond donors (Lipinski definition) is 1. The molecule has 0 aliphatic carbocycles. The lowest BCUT2D eigenvalue weighted by molar-refractivity contribution is -0.384. The van der Waals surface area contributed by atoms with Crippen molar-refractivity contribution in [3.8, 4) is 5.75 Å². The Hall–Kier alpha value is -3.72. The van der Waals surface area contributed by atoms with Gasteiger partial charge in [-0.2, -0.15) is 0 Å². The van der Waals surface area contributed by atoms with Gasteiger partial charge in [0.05, 0.1) is 23.1 Å². The molecule has 0 spiro atoms. The quantitative estimate of drug-likeness (QED) is 0.145. The molecule has 0 radical (unpaired) electrons. The Morgan fingerprint density at radius 2 is 1.88 bits per heavy atom. The number of likely N-dealkylation sites (tertiary alicyclic amines) is 1. The molecule has 2 aromatic carbocycles.